The van der Waals surface area contributed by atoms with Crippen LogP contribution in [0.2, 0.25) is 25.7 Å². The average molecular weight is 257 g/mol. The third kappa shape index (κ3) is 9.90. The summed E-state index contributed by atoms with van der Waals surface area (Å²) in [6, 6.07) is 1.04. The number of hydrogen-bond acceptors (Lipinski definition) is 3. The van der Waals surface area contributed by atoms with Crippen LogP contribution in [0.15, 0.2) is 5.11 Å². The summed E-state index contributed by atoms with van der Waals surface area (Å²) in [5.74, 6) is -0.210. The number of azide groups is 1. The van der Waals surface area contributed by atoms with Crippen molar-refractivity contribution in [3.63, 3.8) is 0 Å². The Bertz CT molecular complexity index is 283. The molecule has 0 spiro atoms. The van der Waals surface area contributed by atoms with Gasteiger partial charge in [-0.25, -0.2) is 0 Å². The number of esters is 1. The van der Waals surface area contributed by atoms with Crippen molar-refractivity contribution in [1.82, 2.24) is 0 Å². The maximum absolute atomic E-state index is 11.2. The van der Waals surface area contributed by atoms with E-state index in [-0.39, 0.29) is 12.0 Å². The van der Waals surface area contributed by atoms with Gasteiger partial charge in [0.05, 0.1) is 6.61 Å². The zero-order valence-corrected chi connectivity index (χ0v) is 12.3. The van der Waals surface area contributed by atoms with Gasteiger partial charge in [-0.1, -0.05) is 30.8 Å². The number of ether oxygens (including phenoxy) is 1. The van der Waals surface area contributed by atoms with Crippen molar-refractivity contribution in [3.8, 4) is 0 Å². The number of hydrogen-bond donors (Lipinski definition) is 0. The van der Waals surface area contributed by atoms with E-state index in [1.165, 1.54) is 0 Å². The molecule has 1 atom stereocenters. The van der Waals surface area contributed by atoms with Gasteiger partial charge in [-0.15, -0.1) is 0 Å². The van der Waals surface area contributed by atoms with E-state index in [9.17, 15) is 4.79 Å². The first-order valence-electron chi connectivity index (χ1n) is 6.09. The molecule has 0 saturated heterocycles. The molecule has 0 heterocycles. The quantitative estimate of drug-likeness (QED) is 0.218. The van der Waals surface area contributed by atoms with Crippen LogP contribution in [-0.2, 0) is 9.53 Å². The fraction of sp³-hybridized carbons (Fsp3) is 0.909. The monoisotopic (exact) mass is 257 g/mol. The smallest absolute Gasteiger partial charge is 0.305 e. The molecular weight excluding hydrogens is 234 g/mol. The molecule has 0 bridgehead atoms. The van der Waals surface area contributed by atoms with Gasteiger partial charge >= 0.3 is 5.97 Å². The second kappa shape index (κ2) is 8.14. The van der Waals surface area contributed by atoms with Crippen LogP contribution in [0.5, 0.6) is 0 Å². The molecule has 0 radical (unpaired) electrons. The minimum Gasteiger partial charge on any atom is -0.466 e. The summed E-state index contributed by atoms with van der Waals surface area (Å²) in [6.07, 6.45) is 1.80. The van der Waals surface area contributed by atoms with E-state index >= 15 is 0 Å². The molecule has 0 fully saturated rings. The van der Waals surface area contributed by atoms with Crippen LogP contribution in [0, 0.1) is 0 Å². The SMILES string of the molecule is CCOC(=O)CCC(CC[Si](C)(C)C)N=[N+]=[N-]. The molecule has 0 N–H and O–H groups in total. The van der Waals surface area contributed by atoms with Crippen LogP contribution in [0.1, 0.15) is 26.2 Å². The van der Waals surface area contributed by atoms with E-state index in [1.807, 2.05) is 0 Å². The van der Waals surface area contributed by atoms with Gasteiger partial charge in [-0.3, -0.25) is 4.79 Å². The summed E-state index contributed by atoms with van der Waals surface area (Å²) < 4.78 is 4.85. The molecule has 0 aromatic rings. The van der Waals surface area contributed by atoms with Crippen LogP contribution in [-0.4, -0.2) is 26.7 Å². The Hall–Kier alpha value is -1.00. The standard InChI is InChI=1S/C11H23N3O2Si/c1-5-16-11(15)7-6-10(13-14-12)8-9-17(2,3)4/h10H,5-9H2,1-4H3. The number of carbonyl (C=O) groups is 1. The Morgan fingerprint density at radius 2 is 2.06 bits per heavy atom. The summed E-state index contributed by atoms with van der Waals surface area (Å²) >= 11 is 0. The first-order valence-corrected chi connectivity index (χ1v) is 9.79. The van der Waals surface area contributed by atoms with Gasteiger partial charge in [0.2, 0.25) is 0 Å². The van der Waals surface area contributed by atoms with E-state index in [0.717, 1.165) is 12.5 Å². The maximum Gasteiger partial charge on any atom is 0.305 e. The molecule has 0 amide bonds. The summed E-state index contributed by atoms with van der Waals surface area (Å²) in [5, 5.41) is 3.75. The highest BCUT2D eigenvalue weighted by molar-refractivity contribution is 6.76. The first-order chi connectivity index (χ1) is 7.89. The molecule has 0 saturated carbocycles. The van der Waals surface area contributed by atoms with E-state index in [1.54, 1.807) is 6.92 Å². The third-order valence-electron chi connectivity index (χ3n) is 2.43. The van der Waals surface area contributed by atoms with E-state index < -0.39 is 8.07 Å². The largest absolute Gasteiger partial charge is 0.466 e. The van der Waals surface area contributed by atoms with Crippen LogP contribution in [0.3, 0.4) is 0 Å². The highest BCUT2D eigenvalue weighted by atomic mass is 28.3. The highest BCUT2D eigenvalue weighted by Gasteiger charge is 2.17. The topological polar surface area (TPSA) is 75.1 Å². The molecule has 0 aliphatic heterocycles. The number of rotatable bonds is 8. The second-order valence-electron chi connectivity index (χ2n) is 5.30. The number of carbonyl (C=O) groups excluding carboxylic acids is 1. The fourth-order valence-electron chi connectivity index (χ4n) is 1.45. The summed E-state index contributed by atoms with van der Waals surface area (Å²) in [7, 11) is -1.12. The lowest BCUT2D eigenvalue weighted by atomic mass is 10.1. The lowest BCUT2D eigenvalue weighted by Crippen LogP contribution is -2.21. The molecule has 0 aliphatic rings. The summed E-state index contributed by atoms with van der Waals surface area (Å²) in [6.45, 7) is 9.04. The normalized spacial score (nSPS) is 12.7. The Kier molecular flexibility index (Phi) is 7.66. The maximum atomic E-state index is 11.2. The summed E-state index contributed by atoms with van der Waals surface area (Å²) in [5.41, 5.74) is 8.49. The minimum absolute atomic E-state index is 0.0730. The van der Waals surface area contributed by atoms with Crippen molar-refractivity contribution in [2.75, 3.05) is 6.61 Å². The predicted molar refractivity (Wildman–Crippen MR) is 71.6 cm³/mol. The van der Waals surface area contributed by atoms with Gasteiger partial charge in [0, 0.05) is 25.4 Å². The van der Waals surface area contributed by atoms with Crippen LogP contribution >= 0.6 is 0 Å². The third-order valence-corrected chi connectivity index (χ3v) is 4.22. The van der Waals surface area contributed by atoms with Crippen molar-refractivity contribution in [1.29, 1.82) is 0 Å². The molecule has 0 aliphatic carbocycles. The lowest BCUT2D eigenvalue weighted by molar-refractivity contribution is -0.143. The lowest BCUT2D eigenvalue weighted by Gasteiger charge is -2.18. The second-order valence-corrected chi connectivity index (χ2v) is 10.9. The molecule has 5 nitrogen and oxygen atoms in total. The molecule has 0 rings (SSSR count). The predicted octanol–water partition coefficient (Wildman–Crippen LogP) is 3.74. The number of nitrogens with zero attached hydrogens (tertiary/aromatic N) is 3. The highest BCUT2D eigenvalue weighted by Crippen LogP contribution is 2.18. The van der Waals surface area contributed by atoms with Crippen molar-refractivity contribution >= 4 is 14.0 Å². The van der Waals surface area contributed by atoms with Gasteiger partial charge in [0.1, 0.15) is 0 Å². The molecule has 1 unspecified atom stereocenters. The Labute approximate surface area is 104 Å². The Balaban J connectivity index is 4.07. The van der Waals surface area contributed by atoms with E-state index in [2.05, 4.69) is 29.7 Å². The molecule has 0 aromatic carbocycles. The van der Waals surface area contributed by atoms with Gasteiger partial charge in [-0.2, -0.15) is 0 Å². The minimum atomic E-state index is -1.12. The Morgan fingerprint density at radius 1 is 1.41 bits per heavy atom. The molecule has 17 heavy (non-hydrogen) atoms. The Morgan fingerprint density at radius 3 is 2.53 bits per heavy atom. The first kappa shape index (κ1) is 16.0. The van der Waals surface area contributed by atoms with Gasteiger partial charge < -0.3 is 4.74 Å². The van der Waals surface area contributed by atoms with Crippen molar-refractivity contribution in [2.24, 2.45) is 5.11 Å². The van der Waals surface area contributed by atoms with Gasteiger partial charge in [0.25, 0.3) is 0 Å². The van der Waals surface area contributed by atoms with Crippen LogP contribution in [0.25, 0.3) is 10.4 Å². The molecular formula is C11H23N3O2Si. The fourth-order valence-corrected chi connectivity index (χ4v) is 2.65. The van der Waals surface area contributed by atoms with Crippen LogP contribution < -0.4 is 0 Å². The van der Waals surface area contributed by atoms with E-state index in [0.29, 0.717) is 19.4 Å². The average Bonchev–Trinajstić information content (AvgIpc) is 2.21. The molecule has 0 aromatic heterocycles. The van der Waals surface area contributed by atoms with Crippen molar-refractivity contribution < 1.29 is 9.53 Å². The zero-order valence-electron chi connectivity index (χ0n) is 11.3. The molecule has 98 valence electrons. The zero-order chi connectivity index (χ0) is 13.3. The van der Waals surface area contributed by atoms with Crippen molar-refractivity contribution in [3.05, 3.63) is 10.4 Å². The van der Waals surface area contributed by atoms with Crippen molar-refractivity contribution in [2.45, 2.75) is 57.9 Å². The van der Waals surface area contributed by atoms with E-state index in [4.69, 9.17) is 10.3 Å². The summed E-state index contributed by atoms with van der Waals surface area (Å²) in [4.78, 5) is 14.1. The van der Waals surface area contributed by atoms with Gasteiger partial charge in [0.15, 0.2) is 0 Å². The van der Waals surface area contributed by atoms with Crippen LogP contribution in [0.4, 0.5) is 0 Å². The van der Waals surface area contributed by atoms with Gasteiger partial charge in [-0.05, 0) is 25.3 Å². The molecule has 6 heteroatoms.